The number of hydroxylamine groups is 2. The molecule has 2 rings (SSSR count). The quantitative estimate of drug-likeness (QED) is 0.714. The van der Waals surface area contributed by atoms with Crippen molar-refractivity contribution in [3.63, 3.8) is 0 Å². The summed E-state index contributed by atoms with van der Waals surface area (Å²) in [5, 5.41) is 1.83. The maximum absolute atomic E-state index is 12.8. The monoisotopic (exact) mass is 223 g/mol. The van der Waals surface area contributed by atoms with Crippen molar-refractivity contribution < 1.29 is 13.6 Å². The third-order valence-corrected chi connectivity index (χ3v) is 2.89. The van der Waals surface area contributed by atoms with Crippen molar-refractivity contribution in [1.29, 1.82) is 0 Å². The third kappa shape index (κ3) is 1.50. The molecule has 2 aliphatic rings. The number of halogens is 3. The summed E-state index contributed by atoms with van der Waals surface area (Å²) in [4.78, 5) is 5.06. The molecule has 0 aromatic rings. The predicted molar refractivity (Wildman–Crippen MR) is 48.8 cm³/mol. The first-order chi connectivity index (χ1) is 6.43. The summed E-state index contributed by atoms with van der Waals surface area (Å²) in [7, 11) is 0. The summed E-state index contributed by atoms with van der Waals surface area (Å²) >= 11 is 5.88. The average Bonchev–Trinajstić information content (AvgIpc) is 2.54. The van der Waals surface area contributed by atoms with E-state index in [9.17, 15) is 8.78 Å². The fourth-order valence-electron chi connectivity index (χ4n) is 1.72. The number of alkyl halides is 2. The third-order valence-electron chi connectivity index (χ3n) is 2.58. The van der Waals surface area contributed by atoms with E-state index < -0.39 is 12.0 Å². The van der Waals surface area contributed by atoms with E-state index in [0.29, 0.717) is 5.03 Å². The maximum Gasteiger partial charge on any atom is 0.268 e. The molecule has 0 amide bonds. The highest BCUT2D eigenvalue weighted by Crippen LogP contribution is 2.49. The zero-order valence-electron chi connectivity index (χ0n) is 8.01. The van der Waals surface area contributed by atoms with Gasteiger partial charge in [-0.15, -0.1) is 5.06 Å². The van der Waals surface area contributed by atoms with Crippen LogP contribution in [-0.4, -0.2) is 23.1 Å². The first-order valence-electron chi connectivity index (χ1n) is 4.62. The van der Waals surface area contributed by atoms with E-state index in [-0.39, 0.29) is 18.4 Å². The lowest BCUT2D eigenvalue weighted by atomic mass is 10.0. The van der Waals surface area contributed by atoms with Crippen molar-refractivity contribution in [2.45, 2.75) is 38.3 Å². The van der Waals surface area contributed by atoms with Crippen LogP contribution in [0, 0.1) is 5.92 Å². The van der Waals surface area contributed by atoms with Crippen LogP contribution in [0.2, 0.25) is 0 Å². The van der Waals surface area contributed by atoms with Crippen molar-refractivity contribution in [2.75, 3.05) is 0 Å². The fraction of sp³-hybridized carbons (Fsp3) is 0.778. The molecule has 0 saturated heterocycles. The van der Waals surface area contributed by atoms with E-state index in [1.54, 1.807) is 0 Å². The zero-order chi connectivity index (χ0) is 10.5. The molecular formula is C9H12ClF2NO. The predicted octanol–water partition coefficient (Wildman–Crippen LogP) is 2.75. The van der Waals surface area contributed by atoms with E-state index in [1.807, 2.05) is 13.8 Å². The summed E-state index contributed by atoms with van der Waals surface area (Å²) in [5.41, 5.74) is 0. The van der Waals surface area contributed by atoms with E-state index in [1.165, 1.54) is 11.3 Å². The van der Waals surface area contributed by atoms with Gasteiger partial charge in [0.15, 0.2) is 0 Å². The lowest BCUT2D eigenvalue weighted by Gasteiger charge is -2.25. The Bertz CT molecular complexity index is 280. The summed E-state index contributed by atoms with van der Waals surface area (Å²) in [5.74, 6) is -2.44. The van der Waals surface area contributed by atoms with Crippen molar-refractivity contribution in [3.05, 3.63) is 11.3 Å². The molecule has 0 bridgehead atoms. The molecule has 0 aromatic heterocycles. The zero-order valence-corrected chi connectivity index (χ0v) is 8.76. The Kier molecular flexibility index (Phi) is 2.23. The van der Waals surface area contributed by atoms with Gasteiger partial charge < -0.3 is 4.84 Å². The molecule has 1 aliphatic carbocycles. The van der Waals surface area contributed by atoms with Gasteiger partial charge in [-0.05, 0) is 5.92 Å². The second-order valence-corrected chi connectivity index (χ2v) is 4.57. The van der Waals surface area contributed by atoms with Crippen molar-refractivity contribution >= 4 is 11.6 Å². The van der Waals surface area contributed by atoms with E-state index >= 15 is 0 Å². The minimum atomic E-state index is -2.61. The van der Waals surface area contributed by atoms with Crippen LogP contribution in [0.5, 0.6) is 0 Å². The normalized spacial score (nSPS) is 35.7. The minimum Gasteiger partial charge on any atom is -0.411 e. The Balaban J connectivity index is 2.08. The molecular weight excluding hydrogens is 212 g/mol. The van der Waals surface area contributed by atoms with Gasteiger partial charge in [0.25, 0.3) is 5.92 Å². The largest absolute Gasteiger partial charge is 0.411 e. The molecule has 80 valence electrons. The van der Waals surface area contributed by atoms with Crippen LogP contribution in [0.1, 0.15) is 20.3 Å². The first kappa shape index (κ1) is 10.2. The molecule has 1 aliphatic heterocycles. The van der Waals surface area contributed by atoms with Gasteiger partial charge in [0.2, 0.25) is 0 Å². The van der Waals surface area contributed by atoms with Crippen LogP contribution in [0.25, 0.3) is 0 Å². The number of hydrogen-bond acceptors (Lipinski definition) is 2. The molecule has 14 heavy (non-hydrogen) atoms. The van der Waals surface area contributed by atoms with Crippen LogP contribution >= 0.6 is 11.6 Å². The van der Waals surface area contributed by atoms with Crippen molar-refractivity contribution in [3.8, 4) is 0 Å². The summed E-state index contributed by atoms with van der Waals surface area (Å²) in [6.45, 7) is 3.87. The van der Waals surface area contributed by atoms with Crippen molar-refractivity contribution in [1.82, 2.24) is 5.06 Å². The van der Waals surface area contributed by atoms with E-state index in [0.717, 1.165) is 0 Å². The molecule has 5 heteroatoms. The second kappa shape index (κ2) is 3.07. The van der Waals surface area contributed by atoms with Gasteiger partial charge in [0.1, 0.15) is 12.3 Å². The average molecular weight is 224 g/mol. The highest BCUT2D eigenvalue weighted by atomic mass is 35.5. The molecule has 2 atom stereocenters. The van der Waals surface area contributed by atoms with Crippen LogP contribution in [0.3, 0.4) is 0 Å². The standard InChI is InChI=1S/C9H12ClF2NO/c1-5(2)8-6(10)4-14-13(8)7-3-9(7,11)12/h4-5,7-8H,3H2,1-2H3. The lowest BCUT2D eigenvalue weighted by Crippen LogP contribution is -2.38. The van der Waals surface area contributed by atoms with Crippen LogP contribution < -0.4 is 0 Å². The SMILES string of the molecule is CC(C)C1C(Cl)=CON1C1CC1(F)F. The molecule has 0 N–H and O–H groups in total. The molecule has 1 saturated carbocycles. The first-order valence-corrected chi connectivity index (χ1v) is 5.00. The Labute approximate surface area is 86.4 Å². The molecule has 2 unspecified atom stereocenters. The van der Waals surface area contributed by atoms with Gasteiger partial charge in [0.05, 0.1) is 11.1 Å². The van der Waals surface area contributed by atoms with Gasteiger partial charge in [-0.2, -0.15) is 0 Å². The van der Waals surface area contributed by atoms with Crippen LogP contribution in [0.15, 0.2) is 11.3 Å². The van der Waals surface area contributed by atoms with Crippen LogP contribution in [0.4, 0.5) is 8.78 Å². The topological polar surface area (TPSA) is 12.5 Å². The molecule has 2 nitrogen and oxygen atoms in total. The Hall–Kier alpha value is -0.350. The molecule has 1 fully saturated rings. The Morgan fingerprint density at radius 2 is 2.21 bits per heavy atom. The second-order valence-electron chi connectivity index (χ2n) is 4.14. The highest BCUT2D eigenvalue weighted by molar-refractivity contribution is 6.30. The Morgan fingerprint density at radius 3 is 2.64 bits per heavy atom. The summed E-state index contributed by atoms with van der Waals surface area (Å²) in [6.07, 6.45) is 1.22. The molecule has 0 spiro atoms. The fourth-order valence-corrected chi connectivity index (χ4v) is 2.11. The summed E-state index contributed by atoms with van der Waals surface area (Å²) in [6, 6.07) is -1.03. The van der Waals surface area contributed by atoms with Gasteiger partial charge in [0, 0.05) is 6.42 Å². The highest BCUT2D eigenvalue weighted by Gasteiger charge is 2.63. The van der Waals surface area contributed by atoms with Crippen LogP contribution in [-0.2, 0) is 4.84 Å². The summed E-state index contributed by atoms with van der Waals surface area (Å²) < 4.78 is 25.6. The smallest absolute Gasteiger partial charge is 0.268 e. The van der Waals surface area contributed by atoms with Gasteiger partial charge >= 0.3 is 0 Å². The number of rotatable bonds is 2. The molecule has 0 aromatic carbocycles. The van der Waals surface area contributed by atoms with Gasteiger partial charge in [-0.3, -0.25) is 0 Å². The van der Waals surface area contributed by atoms with Crippen molar-refractivity contribution in [2.24, 2.45) is 5.92 Å². The Morgan fingerprint density at radius 1 is 1.64 bits per heavy atom. The lowest BCUT2D eigenvalue weighted by molar-refractivity contribution is -0.141. The number of nitrogens with zero attached hydrogens (tertiary/aromatic N) is 1. The maximum atomic E-state index is 12.8. The van der Waals surface area contributed by atoms with E-state index in [2.05, 4.69) is 0 Å². The molecule has 0 radical (unpaired) electrons. The minimum absolute atomic E-state index is 0.131. The van der Waals surface area contributed by atoms with Gasteiger partial charge in [-0.1, -0.05) is 25.4 Å². The van der Waals surface area contributed by atoms with Gasteiger partial charge in [-0.25, -0.2) is 8.78 Å². The number of hydrogen-bond donors (Lipinski definition) is 0. The van der Waals surface area contributed by atoms with E-state index in [4.69, 9.17) is 16.4 Å². The molecule has 1 heterocycles.